The molecule has 2 heterocycles. The highest BCUT2D eigenvalue weighted by Crippen LogP contribution is 2.35. The summed E-state index contributed by atoms with van der Waals surface area (Å²) < 4.78 is 64.6. The first kappa shape index (κ1) is 25.8. The lowest BCUT2D eigenvalue weighted by molar-refractivity contribution is -0.137. The number of rotatable bonds is 8. The van der Waals surface area contributed by atoms with Crippen LogP contribution in [-0.2, 0) is 22.3 Å². The van der Waals surface area contributed by atoms with Crippen molar-refractivity contribution in [1.82, 2.24) is 15.0 Å². The number of carbonyl (C=O) groups is 1. The Labute approximate surface area is 199 Å². The zero-order chi connectivity index (χ0) is 25.9. The van der Waals surface area contributed by atoms with Crippen molar-refractivity contribution < 1.29 is 26.7 Å². The number of pyridine rings is 1. The van der Waals surface area contributed by atoms with Gasteiger partial charge in [-0.15, -0.1) is 9.53 Å². The predicted molar refractivity (Wildman–Crippen MR) is 129 cm³/mol. The van der Waals surface area contributed by atoms with Crippen LogP contribution in [0, 0.1) is 0 Å². The van der Waals surface area contributed by atoms with Crippen LogP contribution in [0.5, 0.6) is 0 Å². The second-order valence-electron chi connectivity index (χ2n) is 7.99. The van der Waals surface area contributed by atoms with Crippen LogP contribution in [0.3, 0.4) is 0 Å². The summed E-state index contributed by atoms with van der Waals surface area (Å²) in [4.78, 5) is 25.3. The largest absolute Gasteiger partial charge is 0.416 e. The van der Waals surface area contributed by atoms with Gasteiger partial charge in [-0.3, -0.25) is 14.1 Å². The fourth-order valence-corrected chi connectivity index (χ4v) is 3.77. The number of nitrogens with one attached hydrogen (secondary N) is 4. The summed E-state index contributed by atoms with van der Waals surface area (Å²) in [6.07, 6.45) is 0.171. The zero-order valence-corrected chi connectivity index (χ0v) is 19.8. The average Bonchev–Trinajstić information content (AvgIpc) is 2.75. The Hall–Kier alpha value is -3.78. The van der Waals surface area contributed by atoms with Gasteiger partial charge in [0.25, 0.3) is 5.91 Å². The third kappa shape index (κ3) is 7.61. The van der Waals surface area contributed by atoms with Gasteiger partial charge in [0.15, 0.2) is 0 Å². The van der Waals surface area contributed by atoms with Gasteiger partial charge in [0, 0.05) is 37.6 Å². The molecule has 0 fully saturated rings. The fraction of sp³-hybridized carbons (Fsp3) is 0.238. The molecule has 0 spiro atoms. The van der Waals surface area contributed by atoms with Crippen LogP contribution in [-0.4, -0.2) is 49.2 Å². The van der Waals surface area contributed by atoms with E-state index >= 15 is 0 Å². The summed E-state index contributed by atoms with van der Waals surface area (Å²) in [6.45, 7) is 0.200. The lowest BCUT2D eigenvalue weighted by atomic mass is 10.1. The number of hydrogen-bond donors (Lipinski definition) is 5. The standard InChI is InChI=1S/C21H24F3N7O3S/c1-25-20-27-8-6-14(30-20)12-28-18-17(5-4-7-26-18)19(32)29-15-9-13(21(22,23)24)10-16(11-15)31-35(2,3,33)34/h4-11H,12H2,1-3H3,(H,26,28)(H,29,32)(H,25,27,30)(H2,31,33,34). The Morgan fingerprint density at radius 3 is 2.46 bits per heavy atom. The van der Waals surface area contributed by atoms with Gasteiger partial charge in [0.05, 0.1) is 29.1 Å². The molecule has 0 saturated carbocycles. The summed E-state index contributed by atoms with van der Waals surface area (Å²) in [7, 11) is -2.73. The molecule has 0 aliphatic heterocycles. The van der Waals surface area contributed by atoms with Gasteiger partial charge in [0.2, 0.25) is 5.95 Å². The quantitative estimate of drug-likeness (QED) is 0.309. The van der Waals surface area contributed by atoms with Crippen LogP contribution < -0.4 is 20.7 Å². The Morgan fingerprint density at radius 2 is 1.80 bits per heavy atom. The molecule has 3 aromatic rings. The molecular formula is C21H24F3N7O3S. The van der Waals surface area contributed by atoms with Crippen molar-refractivity contribution in [2.24, 2.45) is 0 Å². The van der Waals surface area contributed by atoms with Crippen molar-refractivity contribution in [3.05, 3.63) is 65.6 Å². The predicted octanol–water partition coefficient (Wildman–Crippen LogP) is 3.68. The molecule has 2 aromatic heterocycles. The van der Waals surface area contributed by atoms with Crippen molar-refractivity contribution in [3.8, 4) is 0 Å². The zero-order valence-electron chi connectivity index (χ0n) is 19.0. The van der Waals surface area contributed by atoms with Gasteiger partial charge in [-0.05, 0) is 36.4 Å². The van der Waals surface area contributed by atoms with Crippen LogP contribution in [0.25, 0.3) is 0 Å². The van der Waals surface area contributed by atoms with E-state index in [1.54, 1.807) is 19.3 Å². The minimum absolute atomic E-state index is 0.0670. The van der Waals surface area contributed by atoms with E-state index in [2.05, 4.69) is 35.6 Å². The van der Waals surface area contributed by atoms with E-state index in [1.165, 1.54) is 18.3 Å². The number of aromatic nitrogens is 3. The van der Waals surface area contributed by atoms with E-state index in [4.69, 9.17) is 0 Å². The number of carbonyl (C=O) groups excluding carboxylic acids is 1. The maximum absolute atomic E-state index is 13.4. The number of amides is 1. The van der Waals surface area contributed by atoms with Crippen molar-refractivity contribution in [3.63, 3.8) is 0 Å². The van der Waals surface area contributed by atoms with Crippen LogP contribution in [0.1, 0.15) is 21.6 Å². The number of halogens is 3. The molecule has 0 atom stereocenters. The Balaban J connectivity index is 1.86. The number of anilines is 4. The van der Waals surface area contributed by atoms with Gasteiger partial charge < -0.3 is 16.0 Å². The van der Waals surface area contributed by atoms with Gasteiger partial charge >= 0.3 is 6.18 Å². The van der Waals surface area contributed by atoms with Crippen LogP contribution in [0.2, 0.25) is 0 Å². The molecule has 0 radical (unpaired) electrons. The summed E-state index contributed by atoms with van der Waals surface area (Å²) >= 11 is 0. The first-order valence-electron chi connectivity index (χ1n) is 10.1. The Bertz CT molecular complexity index is 1300. The van der Waals surface area contributed by atoms with E-state index in [0.29, 0.717) is 17.7 Å². The first-order valence-corrected chi connectivity index (χ1v) is 12.8. The third-order valence-corrected chi connectivity index (χ3v) is 5.17. The van der Waals surface area contributed by atoms with Gasteiger partial charge in [-0.25, -0.2) is 15.0 Å². The van der Waals surface area contributed by atoms with Gasteiger partial charge in [-0.1, -0.05) is 0 Å². The number of nitrogens with zero attached hydrogens (tertiary/aromatic N) is 3. The molecule has 0 bridgehead atoms. The minimum atomic E-state index is -4.75. The summed E-state index contributed by atoms with van der Waals surface area (Å²) in [5.74, 6) is -0.148. The fourth-order valence-electron chi connectivity index (χ4n) is 2.98. The second kappa shape index (κ2) is 9.46. The van der Waals surface area contributed by atoms with Crippen LogP contribution in [0.15, 0.2) is 48.8 Å². The first-order chi connectivity index (χ1) is 16.2. The highest BCUT2D eigenvalue weighted by atomic mass is 32.3. The molecule has 0 aliphatic carbocycles. The molecule has 0 aliphatic rings. The lowest BCUT2D eigenvalue weighted by Crippen LogP contribution is -2.37. The summed E-state index contributed by atoms with van der Waals surface area (Å²) in [5.41, 5.74) is -0.946. The van der Waals surface area contributed by atoms with E-state index in [0.717, 1.165) is 24.6 Å². The molecule has 5 N–H and O–H groups in total. The minimum Gasteiger partial charge on any atom is -0.364 e. The van der Waals surface area contributed by atoms with Crippen LogP contribution >= 0.6 is 0 Å². The van der Waals surface area contributed by atoms with Crippen LogP contribution in [0.4, 0.5) is 36.3 Å². The topological polar surface area (TPSA) is 141 Å². The average molecular weight is 512 g/mol. The molecular weight excluding hydrogens is 487 g/mol. The van der Waals surface area contributed by atoms with Crippen molar-refractivity contribution >= 4 is 38.6 Å². The van der Waals surface area contributed by atoms with E-state index in [-0.39, 0.29) is 29.3 Å². The van der Waals surface area contributed by atoms with Crippen molar-refractivity contribution in [1.29, 1.82) is 0 Å². The molecule has 1 aromatic carbocycles. The molecule has 1 amide bonds. The third-order valence-electron chi connectivity index (χ3n) is 4.35. The summed E-state index contributed by atoms with van der Waals surface area (Å²) in [6, 6.07) is 7.17. The second-order valence-corrected chi connectivity index (χ2v) is 11.7. The Morgan fingerprint density at radius 1 is 1.09 bits per heavy atom. The lowest BCUT2D eigenvalue weighted by Gasteiger charge is -2.36. The van der Waals surface area contributed by atoms with E-state index in [1.807, 2.05) is 0 Å². The molecule has 10 nitrogen and oxygen atoms in total. The normalized spacial score (nSPS) is 12.8. The molecule has 3 rings (SSSR count). The number of benzene rings is 1. The molecule has 0 unspecified atom stereocenters. The van der Waals surface area contributed by atoms with Gasteiger partial charge in [-0.2, -0.15) is 17.4 Å². The van der Waals surface area contributed by atoms with E-state index < -0.39 is 27.2 Å². The smallest absolute Gasteiger partial charge is 0.364 e. The molecule has 188 valence electrons. The van der Waals surface area contributed by atoms with E-state index in [9.17, 15) is 26.7 Å². The SMILES string of the molecule is CNc1nccc(CNc2ncccc2C(=O)Nc2cc(NS(C)(C)(=O)O)cc(C(F)(F)F)c2)n1. The highest BCUT2D eigenvalue weighted by molar-refractivity contribution is 8.15. The highest BCUT2D eigenvalue weighted by Gasteiger charge is 2.32. The number of alkyl halides is 3. The van der Waals surface area contributed by atoms with Crippen molar-refractivity contribution in [2.75, 3.05) is 40.2 Å². The number of hydrogen-bond acceptors (Lipinski definition) is 7. The maximum atomic E-state index is 13.4. The maximum Gasteiger partial charge on any atom is 0.416 e. The monoisotopic (exact) mass is 511 g/mol. The summed E-state index contributed by atoms with van der Waals surface area (Å²) in [5, 5.41) is 8.19. The Kier molecular flexibility index (Phi) is 6.98. The molecule has 0 saturated heterocycles. The van der Waals surface area contributed by atoms with Crippen molar-refractivity contribution in [2.45, 2.75) is 12.7 Å². The van der Waals surface area contributed by atoms with Gasteiger partial charge in [0.1, 0.15) is 5.82 Å². The molecule has 14 heteroatoms. The molecule has 35 heavy (non-hydrogen) atoms.